The number of phenols is 1. The van der Waals surface area contributed by atoms with Gasteiger partial charge in [0.05, 0.1) is 5.56 Å². The molecule has 0 radical (unpaired) electrons. The molecule has 66 valence electrons. The summed E-state index contributed by atoms with van der Waals surface area (Å²) in [5.41, 5.74) is 1.44. The second-order valence-corrected chi connectivity index (χ2v) is 3.18. The van der Waals surface area contributed by atoms with E-state index in [2.05, 4.69) is 5.32 Å². The van der Waals surface area contributed by atoms with Gasteiger partial charge in [-0.3, -0.25) is 0 Å². The molecule has 0 aromatic heterocycles. The molecule has 0 bridgehead atoms. The third-order valence-electron chi connectivity index (χ3n) is 2.37. The van der Waals surface area contributed by atoms with Gasteiger partial charge < -0.3 is 10.4 Å². The third-order valence-corrected chi connectivity index (χ3v) is 2.37. The van der Waals surface area contributed by atoms with Crippen LogP contribution in [0, 0.1) is 11.3 Å². The Kier molecular flexibility index (Phi) is 1.91. The highest BCUT2D eigenvalue weighted by atomic mass is 16.3. The Morgan fingerprint density at radius 3 is 2.85 bits per heavy atom. The van der Waals surface area contributed by atoms with Crippen LogP contribution >= 0.6 is 0 Å². The van der Waals surface area contributed by atoms with Crippen LogP contribution in [0.3, 0.4) is 0 Å². The van der Waals surface area contributed by atoms with Crippen molar-refractivity contribution in [1.82, 2.24) is 5.32 Å². The Bertz CT molecular complexity index is 364. The van der Waals surface area contributed by atoms with E-state index < -0.39 is 0 Å². The van der Waals surface area contributed by atoms with E-state index in [0.717, 1.165) is 18.5 Å². The molecular formula is C10H10N2O. The van der Waals surface area contributed by atoms with Crippen LogP contribution < -0.4 is 5.32 Å². The lowest BCUT2D eigenvalue weighted by molar-refractivity contribution is 0.382. The molecule has 2 rings (SSSR count). The molecule has 0 aliphatic carbocycles. The summed E-state index contributed by atoms with van der Waals surface area (Å²) in [6.45, 7) is 1.04. The van der Waals surface area contributed by atoms with E-state index in [1.165, 1.54) is 0 Å². The predicted molar refractivity (Wildman–Crippen MR) is 48.2 cm³/mol. The second kappa shape index (κ2) is 3.08. The maximum Gasteiger partial charge on any atom is 0.133 e. The molecular weight excluding hydrogens is 164 g/mol. The summed E-state index contributed by atoms with van der Waals surface area (Å²) in [6, 6.07) is 7.50. The van der Waals surface area contributed by atoms with E-state index in [-0.39, 0.29) is 5.75 Å². The number of hydrogen-bond acceptors (Lipinski definition) is 3. The van der Waals surface area contributed by atoms with Crippen LogP contribution in [-0.2, 0) is 0 Å². The molecule has 1 fully saturated rings. The van der Waals surface area contributed by atoms with Crippen LogP contribution in [-0.4, -0.2) is 11.7 Å². The van der Waals surface area contributed by atoms with Crippen molar-refractivity contribution in [3.63, 3.8) is 0 Å². The zero-order chi connectivity index (χ0) is 9.26. The minimum absolute atomic E-state index is 0.0607. The number of phenolic OH excluding ortho intramolecular Hbond substituents is 1. The SMILES string of the molecule is N#Cc1cc([C@H]2CCN2)ccc1O. The van der Waals surface area contributed by atoms with Gasteiger partial charge in [0.1, 0.15) is 11.8 Å². The van der Waals surface area contributed by atoms with E-state index >= 15 is 0 Å². The molecule has 0 unspecified atom stereocenters. The van der Waals surface area contributed by atoms with Gasteiger partial charge in [-0.05, 0) is 30.7 Å². The Morgan fingerprint density at radius 2 is 2.31 bits per heavy atom. The van der Waals surface area contributed by atoms with Crippen molar-refractivity contribution in [3.8, 4) is 11.8 Å². The monoisotopic (exact) mass is 174 g/mol. The minimum atomic E-state index is 0.0607. The van der Waals surface area contributed by atoms with Crippen molar-refractivity contribution < 1.29 is 5.11 Å². The minimum Gasteiger partial charge on any atom is -0.507 e. The average molecular weight is 174 g/mol. The van der Waals surface area contributed by atoms with Crippen molar-refractivity contribution in [2.45, 2.75) is 12.5 Å². The largest absolute Gasteiger partial charge is 0.507 e. The molecule has 13 heavy (non-hydrogen) atoms. The van der Waals surface area contributed by atoms with Gasteiger partial charge in [0.15, 0.2) is 0 Å². The first-order valence-electron chi connectivity index (χ1n) is 4.27. The number of nitrogens with zero attached hydrogens (tertiary/aromatic N) is 1. The van der Waals surface area contributed by atoms with Crippen molar-refractivity contribution in [2.75, 3.05) is 6.54 Å². The van der Waals surface area contributed by atoms with Crippen molar-refractivity contribution >= 4 is 0 Å². The van der Waals surface area contributed by atoms with Crippen LogP contribution in [0.5, 0.6) is 5.75 Å². The summed E-state index contributed by atoms with van der Waals surface area (Å²) >= 11 is 0. The highest BCUT2D eigenvalue weighted by molar-refractivity contribution is 5.45. The number of nitrogens with one attached hydrogen (secondary N) is 1. The molecule has 0 spiro atoms. The Balaban J connectivity index is 2.33. The van der Waals surface area contributed by atoms with Crippen LogP contribution in [0.2, 0.25) is 0 Å². The predicted octanol–water partition coefficient (Wildman–Crippen LogP) is 1.30. The average Bonchev–Trinajstić information content (AvgIpc) is 2.05. The van der Waals surface area contributed by atoms with Crippen LogP contribution in [0.25, 0.3) is 0 Å². The zero-order valence-electron chi connectivity index (χ0n) is 7.12. The first kappa shape index (κ1) is 8.09. The van der Waals surface area contributed by atoms with E-state index in [1.807, 2.05) is 12.1 Å². The van der Waals surface area contributed by atoms with E-state index in [4.69, 9.17) is 5.26 Å². The smallest absolute Gasteiger partial charge is 0.133 e. The summed E-state index contributed by atoms with van der Waals surface area (Å²) < 4.78 is 0. The van der Waals surface area contributed by atoms with E-state index in [1.54, 1.807) is 12.1 Å². The van der Waals surface area contributed by atoms with Gasteiger partial charge in [0, 0.05) is 6.04 Å². The number of rotatable bonds is 1. The van der Waals surface area contributed by atoms with Crippen LogP contribution in [0.1, 0.15) is 23.6 Å². The summed E-state index contributed by atoms with van der Waals surface area (Å²) in [5.74, 6) is 0.0607. The topological polar surface area (TPSA) is 56.0 Å². The molecule has 1 heterocycles. The van der Waals surface area contributed by atoms with Crippen LogP contribution in [0.15, 0.2) is 18.2 Å². The first-order valence-corrected chi connectivity index (χ1v) is 4.27. The van der Waals surface area contributed by atoms with Gasteiger partial charge in [-0.1, -0.05) is 6.07 Å². The summed E-state index contributed by atoms with van der Waals surface area (Å²) in [6.07, 6.45) is 1.11. The fourth-order valence-corrected chi connectivity index (χ4v) is 1.43. The number of nitriles is 1. The van der Waals surface area contributed by atoms with E-state index in [9.17, 15) is 5.11 Å². The summed E-state index contributed by atoms with van der Waals surface area (Å²) in [4.78, 5) is 0. The van der Waals surface area contributed by atoms with Crippen LogP contribution in [0.4, 0.5) is 0 Å². The Labute approximate surface area is 76.6 Å². The van der Waals surface area contributed by atoms with Crippen molar-refractivity contribution in [3.05, 3.63) is 29.3 Å². The Hall–Kier alpha value is -1.53. The molecule has 1 aromatic rings. The number of aromatic hydroxyl groups is 1. The van der Waals surface area contributed by atoms with Gasteiger partial charge in [-0.2, -0.15) is 5.26 Å². The lowest BCUT2D eigenvalue weighted by atomic mass is 9.96. The van der Waals surface area contributed by atoms with Gasteiger partial charge >= 0.3 is 0 Å². The maximum absolute atomic E-state index is 9.26. The van der Waals surface area contributed by atoms with Crippen molar-refractivity contribution in [1.29, 1.82) is 5.26 Å². The maximum atomic E-state index is 9.26. The fraction of sp³-hybridized carbons (Fsp3) is 0.300. The number of hydrogen-bond donors (Lipinski definition) is 2. The standard InChI is InChI=1S/C10H10N2O/c11-6-8-5-7(1-2-10(8)13)9-3-4-12-9/h1-2,5,9,12-13H,3-4H2/t9-/m1/s1. The molecule has 3 heteroatoms. The number of benzene rings is 1. The van der Waals surface area contributed by atoms with E-state index in [0.29, 0.717) is 11.6 Å². The van der Waals surface area contributed by atoms with Gasteiger partial charge in [0.2, 0.25) is 0 Å². The molecule has 3 nitrogen and oxygen atoms in total. The zero-order valence-corrected chi connectivity index (χ0v) is 7.12. The molecule has 1 atom stereocenters. The molecule has 2 N–H and O–H groups in total. The highest BCUT2D eigenvalue weighted by Gasteiger charge is 2.18. The quantitative estimate of drug-likeness (QED) is 0.674. The molecule has 0 amide bonds. The summed E-state index contributed by atoms with van der Waals surface area (Å²) in [7, 11) is 0. The molecule has 0 saturated carbocycles. The first-order chi connectivity index (χ1) is 6.31. The molecule has 1 aromatic carbocycles. The molecule has 1 aliphatic heterocycles. The summed E-state index contributed by atoms with van der Waals surface area (Å²) in [5, 5.41) is 21.2. The lowest BCUT2D eigenvalue weighted by Crippen LogP contribution is -2.34. The second-order valence-electron chi connectivity index (χ2n) is 3.18. The van der Waals surface area contributed by atoms with Gasteiger partial charge in [-0.15, -0.1) is 0 Å². The van der Waals surface area contributed by atoms with Gasteiger partial charge in [0.25, 0.3) is 0 Å². The fourth-order valence-electron chi connectivity index (χ4n) is 1.43. The van der Waals surface area contributed by atoms with Gasteiger partial charge in [-0.25, -0.2) is 0 Å². The third kappa shape index (κ3) is 1.36. The normalized spacial score (nSPS) is 20.4. The molecule has 1 saturated heterocycles. The lowest BCUT2D eigenvalue weighted by Gasteiger charge is -2.28. The molecule has 1 aliphatic rings. The van der Waals surface area contributed by atoms with Crippen molar-refractivity contribution in [2.24, 2.45) is 0 Å². The highest BCUT2D eigenvalue weighted by Crippen LogP contribution is 2.26. The Morgan fingerprint density at radius 1 is 1.54 bits per heavy atom.